The Morgan fingerprint density at radius 1 is 1.00 bits per heavy atom. The molecule has 0 spiro atoms. The molecule has 0 bridgehead atoms. The average molecular weight is 265 g/mol. The van der Waals surface area contributed by atoms with Crippen molar-refractivity contribution in [2.75, 3.05) is 6.16 Å². The fourth-order valence-electron chi connectivity index (χ4n) is 1.42. The summed E-state index contributed by atoms with van der Waals surface area (Å²) in [5, 5.41) is 0. The number of benzene rings is 1. The summed E-state index contributed by atoms with van der Waals surface area (Å²) in [6, 6.07) is 10.1. The second-order valence-electron chi connectivity index (χ2n) is 3.95. The van der Waals surface area contributed by atoms with E-state index in [9.17, 15) is 0 Å². The first-order valence-corrected chi connectivity index (χ1v) is 8.96. The van der Waals surface area contributed by atoms with Crippen LogP contribution in [-0.4, -0.2) is 6.16 Å². The van der Waals surface area contributed by atoms with Crippen LogP contribution in [0.25, 0.3) is 6.08 Å². The molecule has 0 saturated heterocycles. The van der Waals surface area contributed by atoms with Crippen LogP contribution in [0.1, 0.15) is 5.56 Å². The standard InChI is InChI=1S/C15H18ClP/c1-4-17(16,5-2,6-3)14-10-13-15-11-8-7-9-12-15/h4-13H,1-3,14H2. The monoisotopic (exact) mass is 264 g/mol. The Labute approximate surface area is 109 Å². The number of halogens is 1. The van der Waals surface area contributed by atoms with Gasteiger partial charge in [0.25, 0.3) is 0 Å². The molecule has 0 heterocycles. The first kappa shape index (κ1) is 14.0. The zero-order valence-corrected chi connectivity index (χ0v) is 11.6. The summed E-state index contributed by atoms with van der Waals surface area (Å²) in [4.78, 5) is 0. The third kappa shape index (κ3) is 3.43. The zero-order valence-electron chi connectivity index (χ0n) is 9.93. The van der Waals surface area contributed by atoms with Crippen LogP contribution in [0.2, 0.25) is 0 Å². The Balaban J connectivity index is 2.86. The molecule has 0 aliphatic heterocycles. The first-order chi connectivity index (χ1) is 8.06. The van der Waals surface area contributed by atoms with Crippen LogP contribution >= 0.6 is 17.2 Å². The van der Waals surface area contributed by atoms with E-state index in [2.05, 4.69) is 44.0 Å². The summed E-state index contributed by atoms with van der Waals surface area (Å²) in [6.45, 7) is 11.5. The van der Waals surface area contributed by atoms with Crippen LogP contribution in [0.5, 0.6) is 0 Å². The topological polar surface area (TPSA) is 0 Å². The van der Waals surface area contributed by atoms with Crippen LogP contribution in [0.4, 0.5) is 0 Å². The fraction of sp³-hybridized carbons (Fsp3) is 0.0667. The molecule has 1 aromatic rings. The number of hydrogen-bond acceptors (Lipinski definition) is 0. The van der Waals surface area contributed by atoms with E-state index < -0.39 is 5.96 Å². The van der Waals surface area contributed by atoms with Crippen molar-refractivity contribution in [1.82, 2.24) is 0 Å². The second-order valence-corrected chi connectivity index (χ2v) is 10.7. The maximum absolute atomic E-state index is 6.64. The summed E-state index contributed by atoms with van der Waals surface area (Å²) in [7, 11) is 0. The van der Waals surface area contributed by atoms with Crippen molar-refractivity contribution in [2.45, 2.75) is 0 Å². The van der Waals surface area contributed by atoms with Gasteiger partial charge in [0.1, 0.15) is 0 Å². The maximum atomic E-state index is 6.64. The van der Waals surface area contributed by atoms with Crippen LogP contribution in [-0.2, 0) is 0 Å². The van der Waals surface area contributed by atoms with Crippen molar-refractivity contribution < 1.29 is 0 Å². The summed E-state index contributed by atoms with van der Waals surface area (Å²) < 4.78 is 0. The number of hydrogen-bond donors (Lipinski definition) is 0. The molecule has 0 amide bonds. The molecule has 0 radical (unpaired) electrons. The molecule has 1 aromatic carbocycles. The van der Waals surface area contributed by atoms with E-state index in [0.717, 1.165) is 5.56 Å². The van der Waals surface area contributed by atoms with Gasteiger partial charge in [-0.15, -0.1) is 0 Å². The minimum atomic E-state index is -2.67. The van der Waals surface area contributed by atoms with Crippen molar-refractivity contribution in [2.24, 2.45) is 0 Å². The Kier molecular flexibility index (Phi) is 4.51. The van der Waals surface area contributed by atoms with Gasteiger partial charge < -0.3 is 0 Å². The number of allylic oxidation sites excluding steroid dienone is 1. The molecule has 0 nitrogen and oxygen atoms in total. The van der Waals surface area contributed by atoms with Crippen molar-refractivity contribution in [3.8, 4) is 0 Å². The van der Waals surface area contributed by atoms with E-state index in [1.54, 1.807) is 17.5 Å². The Morgan fingerprint density at radius 2 is 1.53 bits per heavy atom. The van der Waals surface area contributed by atoms with Gasteiger partial charge in [0, 0.05) is 0 Å². The fourth-order valence-corrected chi connectivity index (χ4v) is 3.11. The predicted molar refractivity (Wildman–Crippen MR) is 83.7 cm³/mol. The molecule has 17 heavy (non-hydrogen) atoms. The predicted octanol–water partition coefficient (Wildman–Crippen LogP) is 5.84. The first-order valence-electron chi connectivity index (χ1n) is 5.43. The van der Waals surface area contributed by atoms with Crippen LogP contribution in [0.3, 0.4) is 0 Å². The van der Waals surface area contributed by atoms with E-state index in [-0.39, 0.29) is 0 Å². The van der Waals surface area contributed by atoms with Crippen LogP contribution < -0.4 is 0 Å². The molecule has 0 aliphatic rings. The molecule has 0 fully saturated rings. The zero-order chi connectivity index (χ0) is 12.8. The van der Waals surface area contributed by atoms with Gasteiger partial charge in [-0.2, -0.15) is 0 Å². The quantitative estimate of drug-likeness (QED) is 0.567. The molecular weight excluding hydrogens is 247 g/mol. The van der Waals surface area contributed by atoms with E-state index in [1.807, 2.05) is 18.2 Å². The van der Waals surface area contributed by atoms with Crippen molar-refractivity contribution >= 4 is 23.3 Å². The number of rotatable bonds is 6. The summed E-state index contributed by atoms with van der Waals surface area (Å²) in [6.07, 6.45) is 4.82. The molecule has 90 valence electrons. The summed E-state index contributed by atoms with van der Waals surface area (Å²) in [5.74, 6) is 2.72. The Morgan fingerprint density at radius 3 is 2.00 bits per heavy atom. The van der Waals surface area contributed by atoms with E-state index in [0.29, 0.717) is 6.16 Å². The second kappa shape index (κ2) is 5.49. The van der Waals surface area contributed by atoms with Gasteiger partial charge in [0.2, 0.25) is 0 Å². The molecule has 0 aromatic heterocycles. The SMILES string of the molecule is C=CP(Cl)(C=C)(C=C)CC=Cc1ccccc1. The van der Waals surface area contributed by atoms with E-state index >= 15 is 0 Å². The van der Waals surface area contributed by atoms with Gasteiger partial charge in [-0.25, -0.2) is 0 Å². The molecule has 0 saturated carbocycles. The van der Waals surface area contributed by atoms with E-state index in [1.165, 1.54) is 0 Å². The van der Waals surface area contributed by atoms with Crippen molar-refractivity contribution in [3.63, 3.8) is 0 Å². The average Bonchev–Trinajstić information content (AvgIpc) is 2.40. The normalized spacial score (nSPS) is 13.8. The van der Waals surface area contributed by atoms with Gasteiger partial charge in [0.15, 0.2) is 0 Å². The van der Waals surface area contributed by atoms with Crippen LogP contribution in [0.15, 0.2) is 73.6 Å². The van der Waals surface area contributed by atoms with E-state index in [4.69, 9.17) is 11.2 Å². The molecular formula is C15H18ClP. The summed E-state index contributed by atoms with van der Waals surface area (Å²) >= 11 is 6.64. The molecule has 0 unspecified atom stereocenters. The third-order valence-electron chi connectivity index (χ3n) is 2.83. The summed E-state index contributed by atoms with van der Waals surface area (Å²) in [5.41, 5.74) is 1.16. The molecule has 0 N–H and O–H groups in total. The van der Waals surface area contributed by atoms with Crippen LogP contribution in [0, 0.1) is 0 Å². The van der Waals surface area contributed by atoms with Crippen molar-refractivity contribution in [1.29, 1.82) is 0 Å². The van der Waals surface area contributed by atoms with Gasteiger partial charge in [0.05, 0.1) is 0 Å². The minimum absolute atomic E-state index is 0.707. The van der Waals surface area contributed by atoms with Gasteiger partial charge in [-0.1, -0.05) is 0 Å². The van der Waals surface area contributed by atoms with Gasteiger partial charge in [-0.05, 0) is 0 Å². The van der Waals surface area contributed by atoms with Gasteiger partial charge >= 0.3 is 109 Å². The van der Waals surface area contributed by atoms with Gasteiger partial charge in [-0.3, -0.25) is 0 Å². The third-order valence-corrected chi connectivity index (χ3v) is 7.92. The van der Waals surface area contributed by atoms with Crippen molar-refractivity contribution in [3.05, 3.63) is 79.2 Å². The molecule has 0 aliphatic carbocycles. The molecule has 1 rings (SSSR count). The Hall–Kier alpha value is -1.10. The molecule has 2 heteroatoms. The molecule has 0 atom stereocenters. The Bertz CT molecular complexity index is 421.